The van der Waals surface area contributed by atoms with Crippen molar-refractivity contribution in [3.63, 3.8) is 0 Å². The molecule has 4 nitrogen and oxygen atoms in total. The van der Waals surface area contributed by atoms with Crippen LogP contribution in [0.1, 0.15) is 42.6 Å². The van der Waals surface area contributed by atoms with E-state index >= 15 is 0 Å². The van der Waals surface area contributed by atoms with Gasteiger partial charge in [-0.15, -0.1) is 0 Å². The number of aldehydes is 1. The number of nitrogens with zero attached hydrogens (tertiary/aromatic N) is 1. The Hall–Kier alpha value is -1.84. The third-order valence-corrected chi connectivity index (χ3v) is 2.38. The average Bonchev–Trinajstić information content (AvgIpc) is 2.39. The summed E-state index contributed by atoms with van der Waals surface area (Å²) in [6.45, 7) is 5.40. The van der Waals surface area contributed by atoms with Crippen molar-refractivity contribution in [3.8, 4) is 5.75 Å². The molecule has 0 aliphatic carbocycles. The maximum atomic E-state index is 10.9. The van der Waals surface area contributed by atoms with Gasteiger partial charge in [-0.05, 0) is 25.0 Å². The first kappa shape index (κ1) is 14.2. The van der Waals surface area contributed by atoms with Crippen LogP contribution in [0.4, 0.5) is 5.69 Å². The molecule has 4 heteroatoms. The SMILES string of the molecule is CCCN=Cc1cc(C=O)cc(OCCC)c1N. The van der Waals surface area contributed by atoms with E-state index in [2.05, 4.69) is 11.9 Å². The van der Waals surface area contributed by atoms with Crippen molar-refractivity contribution in [1.82, 2.24) is 0 Å². The van der Waals surface area contributed by atoms with Gasteiger partial charge in [-0.1, -0.05) is 13.8 Å². The van der Waals surface area contributed by atoms with Gasteiger partial charge in [-0.2, -0.15) is 0 Å². The third-order valence-electron chi connectivity index (χ3n) is 2.38. The van der Waals surface area contributed by atoms with Crippen LogP contribution in [0.3, 0.4) is 0 Å². The highest BCUT2D eigenvalue weighted by Gasteiger charge is 2.07. The first-order chi connectivity index (χ1) is 8.72. The molecule has 0 heterocycles. The number of anilines is 1. The lowest BCUT2D eigenvalue weighted by Gasteiger charge is -2.10. The standard InChI is InChI=1S/C14H20N2O2/c1-3-5-16-9-12-7-11(10-17)8-13(14(12)15)18-6-4-2/h7-10H,3-6,15H2,1-2H3. The molecule has 18 heavy (non-hydrogen) atoms. The molecule has 0 spiro atoms. The molecule has 0 saturated heterocycles. The third kappa shape index (κ3) is 3.87. The number of nitrogen functional groups attached to an aromatic ring is 1. The van der Waals surface area contributed by atoms with Crippen molar-refractivity contribution in [2.75, 3.05) is 18.9 Å². The molecule has 1 rings (SSSR count). The number of carbonyl (C=O) groups excluding carboxylic acids is 1. The Morgan fingerprint density at radius 2 is 2.11 bits per heavy atom. The number of rotatable bonds is 7. The summed E-state index contributed by atoms with van der Waals surface area (Å²) in [5.74, 6) is 0.555. The van der Waals surface area contributed by atoms with E-state index in [1.165, 1.54) is 0 Å². The topological polar surface area (TPSA) is 64.7 Å². The summed E-state index contributed by atoms with van der Waals surface area (Å²) < 4.78 is 5.53. The van der Waals surface area contributed by atoms with E-state index in [9.17, 15) is 4.79 Å². The number of benzene rings is 1. The lowest BCUT2D eigenvalue weighted by molar-refractivity contribution is 0.112. The molecular formula is C14H20N2O2. The number of aliphatic imine (C=N–C) groups is 1. The molecule has 0 aromatic heterocycles. The van der Waals surface area contributed by atoms with Crippen molar-refractivity contribution in [2.45, 2.75) is 26.7 Å². The summed E-state index contributed by atoms with van der Waals surface area (Å²) in [6.07, 6.45) is 4.35. The first-order valence-corrected chi connectivity index (χ1v) is 6.24. The van der Waals surface area contributed by atoms with E-state index in [0.29, 0.717) is 23.6 Å². The van der Waals surface area contributed by atoms with E-state index in [1.54, 1.807) is 18.3 Å². The molecule has 0 bridgehead atoms. The molecule has 2 N–H and O–H groups in total. The second-order valence-corrected chi connectivity index (χ2v) is 4.02. The highest BCUT2D eigenvalue weighted by atomic mass is 16.5. The number of nitrogens with two attached hydrogens (primary N) is 1. The smallest absolute Gasteiger partial charge is 0.150 e. The van der Waals surface area contributed by atoms with Crippen LogP contribution in [0, 0.1) is 0 Å². The summed E-state index contributed by atoms with van der Waals surface area (Å²) in [6, 6.07) is 3.38. The zero-order chi connectivity index (χ0) is 13.4. The van der Waals surface area contributed by atoms with Gasteiger partial charge in [-0.3, -0.25) is 9.79 Å². The molecule has 0 aliphatic rings. The van der Waals surface area contributed by atoms with Gasteiger partial charge in [0.2, 0.25) is 0 Å². The number of carbonyl (C=O) groups is 1. The molecule has 0 amide bonds. The van der Waals surface area contributed by atoms with E-state index < -0.39 is 0 Å². The van der Waals surface area contributed by atoms with Gasteiger partial charge in [-0.25, -0.2) is 0 Å². The Balaban J connectivity index is 3.03. The Morgan fingerprint density at radius 1 is 1.33 bits per heavy atom. The van der Waals surface area contributed by atoms with Gasteiger partial charge in [0.25, 0.3) is 0 Å². The molecule has 0 atom stereocenters. The van der Waals surface area contributed by atoms with Crippen LogP contribution >= 0.6 is 0 Å². The fourth-order valence-corrected chi connectivity index (χ4v) is 1.47. The lowest BCUT2D eigenvalue weighted by atomic mass is 10.1. The molecule has 0 aliphatic heterocycles. The predicted molar refractivity (Wildman–Crippen MR) is 74.8 cm³/mol. The van der Waals surface area contributed by atoms with Gasteiger partial charge in [0, 0.05) is 23.9 Å². The summed E-state index contributed by atoms with van der Waals surface area (Å²) >= 11 is 0. The molecule has 1 aromatic carbocycles. The Kier molecular flexibility index (Phi) is 5.91. The first-order valence-electron chi connectivity index (χ1n) is 6.24. The van der Waals surface area contributed by atoms with E-state index in [4.69, 9.17) is 10.5 Å². The van der Waals surface area contributed by atoms with Crippen LogP contribution in [-0.4, -0.2) is 25.7 Å². The van der Waals surface area contributed by atoms with Crippen LogP contribution in [0.25, 0.3) is 0 Å². The van der Waals surface area contributed by atoms with E-state index in [0.717, 1.165) is 31.2 Å². The minimum Gasteiger partial charge on any atom is -0.491 e. The quantitative estimate of drug-likeness (QED) is 0.458. The Bertz CT molecular complexity index is 428. The zero-order valence-corrected chi connectivity index (χ0v) is 11.0. The predicted octanol–water partition coefficient (Wildman–Crippen LogP) is 2.70. The van der Waals surface area contributed by atoms with Gasteiger partial charge in [0.05, 0.1) is 12.3 Å². The van der Waals surface area contributed by atoms with Crippen molar-refractivity contribution in [1.29, 1.82) is 0 Å². The number of ether oxygens (including phenoxy) is 1. The second kappa shape index (κ2) is 7.48. The normalized spacial score (nSPS) is 10.8. The fourth-order valence-electron chi connectivity index (χ4n) is 1.47. The molecule has 0 saturated carbocycles. The summed E-state index contributed by atoms with van der Waals surface area (Å²) in [5.41, 5.74) is 7.82. The molecule has 0 fully saturated rings. The average molecular weight is 248 g/mol. The van der Waals surface area contributed by atoms with Crippen molar-refractivity contribution < 1.29 is 9.53 Å². The lowest BCUT2D eigenvalue weighted by Crippen LogP contribution is -2.03. The molecule has 0 radical (unpaired) electrons. The minimum absolute atomic E-state index is 0.536. The molecule has 1 aromatic rings. The maximum Gasteiger partial charge on any atom is 0.150 e. The highest BCUT2D eigenvalue weighted by molar-refractivity contribution is 5.92. The summed E-state index contributed by atoms with van der Waals surface area (Å²) in [7, 11) is 0. The zero-order valence-electron chi connectivity index (χ0n) is 11.0. The molecular weight excluding hydrogens is 228 g/mol. The molecule has 98 valence electrons. The van der Waals surface area contributed by atoms with Crippen LogP contribution < -0.4 is 10.5 Å². The van der Waals surface area contributed by atoms with Crippen molar-refractivity contribution >= 4 is 18.2 Å². The largest absolute Gasteiger partial charge is 0.491 e. The van der Waals surface area contributed by atoms with Crippen LogP contribution in [0.15, 0.2) is 17.1 Å². The van der Waals surface area contributed by atoms with E-state index in [-0.39, 0.29) is 0 Å². The summed E-state index contributed by atoms with van der Waals surface area (Å²) in [5, 5.41) is 0. The number of hydrogen-bond donors (Lipinski definition) is 1. The van der Waals surface area contributed by atoms with Crippen LogP contribution in [0.2, 0.25) is 0 Å². The molecule has 0 unspecified atom stereocenters. The van der Waals surface area contributed by atoms with Gasteiger partial charge < -0.3 is 10.5 Å². The minimum atomic E-state index is 0.536. The van der Waals surface area contributed by atoms with Gasteiger partial charge in [0.1, 0.15) is 12.0 Å². The van der Waals surface area contributed by atoms with Gasteiger partial charge in [0.15, 0.2) is 0 Å². The fraction of sp³-hybridized carbons (Fsp3) is 0.429. The van der Waals surface area contributed by atoms with Crippen LogP contribution in [-0.2, 0) is 0 Å². The summed E-state index contributed by atoms with van der Waals surface area (Å²) in [4.78, 5) is 15.1. The van der Waals surface area contributed by atoms with Gasteiger partial charge >= 0.3 is 0 Å². The van der Waals surface area contributed by atoms with Crippen LogP contribution in [0.5, 0.6) is 5.75 Å². The van der Waals surface area contributed by atoms with E-state index in [1.807, 2.05) is 6.92 Å². The highest BCUT2D eigenvalue weighted by Crippen LogP contribution is 2.26. The Labute approximate surface area is 108 Å². The van der Waals surface area contributed by atoms with Crippen molar-refractivity contribution in [2.24, 2.45) is 4.99 Å². The van der Waals surface area contributed by atoms with Crippen molar-refractivity contribution in [3.05, 3.63) is 23.3 Å². The monoisotopic (exact) mass is 248 g/mol. The number of hydrogen-bond acceptors (Lipinski definition) is 4. The second-order valence-electron chi connectivity index (χ2n) is 4.02. The maximum absolute atomic E-state index is 10.9. The Morgan fingerprint density at radius 3 is 2.72 bits per heavy atom.